The molecule has 5 heteroatoms. The summed E-state index contributed by atoms with van der Waals surface area (Å²) in [5, 5.41) is 0. The molecule has 1 aromatic carbocycles. The van der Waals surface area contributed by atoms with E-state index in [9.17, 15) is 9.18 Å². The second-order valence-electron chi connectivity index (χ2n) is 9.07. The third kappa shape index (κ3) is 4.05. The lowest BCUT2D eigenvalue weighted by atomic mass is 9.86. The van der Waals surface area contributed by atoms with E-state index in [4.69, 9.17) is 4.74 Å². The third-order valence-electron chi connectivity index (χ3n) is 6.83. The number of carbonyl (C=O) groups is 1. The van der Waals surface area contributed by atoms with Crippen molar-refractivity contribution < 1.29 is 13.9 Å². The molecule has 1 amide bonds. The van der Waals surface area contributed by atoms with Crippen molar-refractivity contribution in [2.24, 2.45) is 11.8 Å². The Bertz CT molecular complexity index is 696. The van der Waals surface area contributed by atoms with Crippen molar-refractivity contribution in [3.63, 3.8) is 0 Å². The van der Waals surface area contributed by atoms with Crippen molar-refractivity contribution in [2.45, 2.75) is 70.9 Å². The standard InChI is InChI=1S/C23H33FN2O2/c1-3-4-5-17-10-19-7-8-20(11-17)25(19)13-16(2)14-26-21-9-6-18(24)12-22(21)28-15-23(26)27/h6,9,12,16-17,19-20H,3-5,7-8,10-11,13-15H2,1-2H3/t16?,17?,19-,20+. The number of piperidine rings is 1. The first-order chi connectivity index (χ1) is 13.5. The second kappa shape index (κ2) is 8.40. The average Bonchev–Trinajstić information content (AvgIpc) is 2.90. The zero-order valence-electron chi connectivity index (χ0n) is 17.2. The Hall–Kier alpha value is -1.62. The number of hydrogen-bond acceptors (Lipinski definition) is 3. The highest BCUT2D eigenvalue weighted by atomic mass is 19.1. The minimum Gasteiger partial charge on any atom is -0.481 e. The van der Waals surface area contributed by atoms with Crippen LogP contribution in [0.15, 0.2) is 18.2 Å². The lowest BCUT2D eigenvalue weighted by molar-refractivity contribution is -0.121. The van der Waals surface area contributed by atoms with Crippen LogP contribution in [0.25, 0.3) is 0 Å². The fraction of sp³-hybridized carbons (Fsp3) is 0.696. The van der Waals surface area contributed by atoms with Gasteiger partial charge in [0.2, 0.25) is 0 Å². The summed E-state index contributed by atoms with van der Waals surface area (Å²) in [6.45, 7) is 6.21. The van der Waals surface area contributed by atoms with Gasteiger partial charge in [-0.25, -0.2) is 4.39 Å². The molecule has 0 aliphatic carbocycles. The van der Waals surface area contributed by atoms with Crippen molar-refractivity contribution in [3.8, 4) is 5.75 Å². The number of hydrogen-bond donors (Lipinski definition) is 0. The molecule has 154 valence electrons. The van der Waals surface area contributed by atoms with E-state index in [-0.39, 0.29) is 18.3 Å². The number of unbranched alkanes of at least 4 members (excludes halogenated alkanes) is 1. The highest BCUT2D eigenvalue weighted by Crippen LogP contribution is 2.41. The summed E-state index contributed by atoms with van der Waals surface area (Å²) in [5.41, 5.74) is 0.700. The molecule has 0 N–H and O–H groups in total. The smallest absolute Gasteiger partial charge is 0.265 e. The summed E-state index contributed by atoms with van der Waals surface area (Å²) in [7, 11) is 0. The van der Waals surface area contributed by atoms with Gasteiger partial charge in [-0.2, -0.15) is 0 Å². The zero-order valence-corrected chi connectivity index (χ0v) is 17.2. The summed E-state index contributed by atoms with van der Waals surface area (Å²) in [6, 6.07) is 5.90. The minimum atomic E-state index is -0.330. The topological polar surface area (TPSA) is 32.8 Å². The first kappa shape index (κ1) is 19.7. The number of carbonyl (C=O) groups excluding carboxylic acids is 1. The molecular formula is C23H33FN2O2. The number of benzene rings is 1. The first-order valence-corrected chi connectivity index (χ1v) is 11.0. The van der Waals surface area contributed by atoms with Crippen LogP contribution in [0.3, 0.4) is 0 Å². The lowest BCUT2D eigenvalue weighted by Crippen LogP contribution is -2.48. The third-order valence-corrected chi connectivity index (χ3v) is 6.83. The van der Waals surface area contributed by atoms with Crippen molar-refractivity contribution in [1.82, 2.24) is 4.90 Å². The molecule has 0 aromatic heterocycles. The first-order valence-electron chi connectivity index (χ1n) is 11.0. The van der Waals surface area contributed by atoms with Gasteiger partial charge < -0.3 is 9.64 Å². The number of amides is 1. The molecular weight excluding hydrogens is 355 g/mol. The van der Waals surface area contributed by atoms with Crippen LogP contribution in [0.4, 0.5) is 10.1 Å². The minimum absolute atomic E-state index is 0.00273. The van der Waals surface area contributed by atoms with Gasteiger partial charge in [0.25, 0.3) is 5.91 Å². The van der Waals surface area contributed by atoms with E-state index >= 15 is 0 Å². The predicted octanol–water partition coefficient (Wildman–Crippen LogP) is 4.62. The summed E-state index contributed by atoms with van der Waals surface area (Å²) in [5.74, 6) is 1.39. The maximum atomic E-state index is 13.5. The van der Waals surface area contributed by atoms with Crippen LogP contribution >= 0.6 is 0 Å². The molecule has 2 fully saturated rings. The number of halogens is 1. The van der Waals surface area contributed by atoms with Crippen LogP contribution in [-0.4, -0.2) is 42.6 Å². The van der Waals surface area contributed by atoms with Crippen molar-refractivity contribution in [3.05, 3.63) is 24.0 Å². The maximum Gasteiger partial charge on any atom is 0.265 e. The molecule has 0 radical (unpaired) electrons. The van der Waals surface area contributed by atoms with Crippen LogP contribution in [0.1, 0.15) is 58.8 Å². The van der Waals surface area contributed by atoms with Gasteiger partial charge in [-0.05, 0) is 49.7 Å². The van der Waals surface area contributed by atoms with E-state index in [1.165, 1.54) is 57.1 Å². The van der Waals surface area contributed by atoms with Crippen LogP contribution in [-0.2, 0) is 4.79 Å². The van der Waals surface area contributed by atoms with Gasteiger partial charge >= 0.3 is 0 Å². The SMILES string of the molecule is CCCCC1C[C@H]2CC[C@@H](C1)N2CC(C)CN1C(=O)COc2cc(F)ccc21. The quantitative estimate of drug-likeness (QED) is 0.683. The van der Waals surface area contributed by atoms with E-state index in [1.807, 2.05) is 0 Å². The fourth-order valence-electron chi connectivity index (χ4n) is 5.52. The van der Waals surface area contributed by atoms with E-state index in [0.717, 1.165) is 24.5 Å². The Morgan fingerprint density at radius 3 is 2.68 bits per heavy atom. The van der Waals surface area contributed by atoms with Gasteiger partial charge in [-0.3, -0.25) is 9.69 Å². The van der Waals surface area contributed by atoms with Gasteiger partial charge in [0, 0.05) is 31.2 Å². The maximum absolute atomic E-state index is 13.5. The number of fused-ring (bicyclic) bond motifs is 3. The highest BCUT2D eigenvalue weighted by Gasteiger charge is 2.41. The second-order valence-corrected chi connectivity index (χ2v) is 9.07. The Kier molecular flexibility index (Phi) is 5.91. The normalized spacial score (nSPS) is 28.2. The number of nitrogens with zero attached hydrogens (tertiary/aromatic N) is 2. The Labute approximate surface area is 168 Å². The number of ether oxygens (including phenoxy) is 1. The molecule has 4 atom stereocenters. The summed E-state index contributed by atoms with van der Waals surface area (Å²) in [4.78, 5) is 17.0. The Morgan fingerprint density at radius 1 is 1.21 bits per heavy atom. The molecule has 0 spiro atoms. The molecule has 4 nitrogen and oxygen atoms in total. The van der Waals surface area contributed by atoms with Crippen LogP contribution in [0.2, 0.25) is 0 Å². The summed E-state index contributed by atoms with van der Waals surface area (Å²) >= 11 is 0. The van der Waals surface area contributed by atoms with Gasteiger partial charge in [-0.15, -0.1) is 0 Å². The molecule has 4 rings (SSSR count). The fourth-order valence-corrected chi connectivity index (χ4v) is 5.52. The molecule has 2 saturated heterocycles. The number of rotatable bonds is 7. The van der Waals surface area contributed by atoms with Crippen LogP contribution < -0.4 is 9.64 Å². The van der Waals surface area contributed by atoms with E-state index in [0.29, 0.717) is 23.9 Å². The number of anilines is 1. The lowest BCUT2D eigenvalue weighted by Gasteiger charge is -2.41. The van der Waals surface area contributed by atoms with E-state index in [1.54, 1.807) is 11.0 Å². The molecule has 0 saturated carbocycles. The highest BCUT2D eigenvalue weighted by molar-refractivity contribution is 5.97. The summed E-state index contributed by atoms with van der Waals surface area (Å²) in [6.07, 6.45) is 9.41. The van der Waals surface area contributed by atoms with E-state index < -0.39 is 0 Å². The van der Waals surface area contributed by atoms with Crippen LogP contribution in [0.5, 0.6) is 5.75 Å². The van der Waals surface area contributed by atoms with E-state index in [2.05, 4.69) is 18.7 Å². The van der Waals surface area contributed by atoms with Crippen molar-refractivity contribution >= 4 is 11.6 Å². The Balaban J connectivity index is 1.38. The van der Waals surface area contributed by atoms with Crippen molar-refractivity contribution in [2.75, 3.05) is 24.6 Å². The van der Waals surface area contributed by atoms with Gasteiger partial charge in [-0.1, -0.05) is 33.1 Å². The van der Waals surface area contributed by atoms with Gasteiger partial charge in [0.1, 0.15) is 11.6 Å². The van der Waals surface area contributed by atoms with Crippen molar-refractivity contribution in [1.29, 1.82) is 0 Å². The molecule has 3 aliphatic heterocycles. The average molecular weight is 389 g/mol. The largest absolute Gasteiger partial charge is 0.481 e. The zero-order chi connectivity index (χ0) is 19.7. The predicted molar refractivity (Wildman–Crippen MR) is 109 cm³/mol. The molecule has 3 heterocycles. The van der Waals surface area contributed by atoms with Crippen LogP contribution in [0, 0.1) is 17.7 Å². The monoisotopic (exact) mass is 388 g/mol. The molecule has 3 aliphatic rings. The molecule has 1 aromatic rings. The van der Waals surface area contributed by atoms with Gasteiger partial charge in [0.15, 0.2) is 6.61 Å². The summed E-state index contributed by atoms with van der Waals surface area (Å²) < 4.78 is 18.9. The molecule has 28 heavy (non-hydrogen) atoms. The van der Waals surface area contributed by atoms with Gasteiger partial charge in [0.05, 0.1) is 5.69 Å². The Morgan fingerprint density at radius 2 is 1.96 bits per heavy atom. The molecule has 2 unspecified atom stereocenters. The molecule has 2 bridgehead atoms.